The summed E-state index contributed by atoms with van der Waals surface area (Å²) < 4.78 is 11.2. The molecule has 2 heterocycles. The molecule has 1 saturated carbocycles. The fourth-order valence-corrected chi connectivity index (χ4v) is 2.93. The number of aliphatic imine (C=N–C) groups is 1. The molecule has 1 aliphatic carbocycles. The maximum Gasteiger partial charge on any atom is 0.213 e. The van der Waals surface area contributed by atoms with Gasteiger partial charge in [0.1, 0.15) is 11.9 Å². The van der Waals surface area contributed by atoms with E-state index in [9.17, 15) is 0 Å². The van der Waals surface area contributed by atoms with Gasteiger partial charge in [0.25, 0.3) is 0 Å². The minimum absolute atomic E-state index is 0.341. The van der Waals surface area contributed by atoms with Crippen LogP contribution in [0.3, 0.4) is 0 Å². The van der Waals surface area contributed by atoms with Crippen molar-refractivity contribution in [2.45, 2.75) is 44.8 Å². The highest BCUT2D eigenvalue weighted by Crippen LogP contribution is 2.22. The third-order valence-electron chi connectivity index (χ3n) is 4.31. The maximum atomic E-state index is 5.89. The molecule has 0 amide bonds. The van der Waals surface area contributed by atoms with Crippen LogP contribution in [0.4, 0.5) is 0 Å². The molecule has 6 heteroatoms. The number of ether oxygens (including phenoxy) is 1. The number of furan rings is 1. The van der Waals surface area contributed by atoms with Crippen LogP contribution in [0.25, 0.3) is 0 Å². The van der Waals surface area contributed by atoms with Crippen molar-refractivity contribution in [1.82, 2.24) is 15.6 Å². The molecule has 0 saturated heterocycles. The first-order chi connectivity index (χ1) is 12.3. The van der Waals surface area contributed by atoms with E-state index in [1.165, 1.54) is 12.8 Å². The summed E-state index contributed by atoms with van der Waals surface area (Å²) in [5.74, 6) is 2.44. The summed E-state index contributed by atoms with van der Waals surface area (Å²) in [4.78, 5) is 8.63. The molecule has 2 N–H and O–H groups in total. The lowest BCUT2D eigenvalue weighted by atomic mass is 10.3. The second-order valence-electron chi connectivity index (χ2n) is 6.21. The van der Waals surface area contributed by atoms with E-state index in [2.05, 4.69) is 20.6 Å². The van der Waals surface area contributed by atoms with E-state index in [4.69, 9.17) is 9.15 Å². The van der Waals surface area contributed by atoms with E-state index in [-0.39, 0.29) is 0 Å². The van der Waals surface area contributed by atoms with Gasteiger partial charge in [0.05, 0.1) is 6.26 Å². The van der Waals surface area contributed by atoms with E-state index in [1.807, 2.05) is 30.5 Å². The van der Waals surface area contributed by atoms with Crippen molar-refractivity contribution < 1.29 is 9.15 Å². The van der Waals surface area contributed by atoms with Crippen molar-refractivity contribution in [2.75, 3.05) is 13.6 Å². The highest BCUT2D eigenvalue weighted by Gasteiger charge is 2.16. The lowest BCUT2D eigenvalue weighted by Crippen LogP contribution is -2.37. The molecule has 0 aliphatic heterocycles. The molecule has 0 spiro atoms. The molecule has 0 unspecified atom stereocenters. The van der Waals surface area contributed by atoms with Gasteiger partial charge in [0.2, 0.25) is 5.88 Å². The molecule has 25 heavy (non-hydrogen) atoms. The molecule has 1 fully saturated rings. The van der Waals surface area contributed by atoms with Crippen LogP contribution in [0, 0.1) is 0 Å². The summed E-state index contributed by atoms with van der Waals surface area (Å²) >= 11 is 0. The summed E-state index contributed by atoms with van der Waals surface area (Å²) in [6.45, 7) is 1.43. The Kier molecular flexibility index (Phi) is 6.31. The standard InChI is InChI=1S/C19H26N4O2/c1-20-19(21-11-10-16-7-4-12-24-16)23-14-15-8-9-18(22-13-15)25-17-5-2-3-6-17/h4,7-9,12-13,17H,2-3,5-6,10-11,14H2,1H3,(H2,20,21,23). The van der Waals surface area contributed by atoms with Gasteiger partial charge in [-0.25, -0.2) is 4.98 Å². The van der Waals surface area contributed by atoms with E-state index < -0.39 is 0 Å². The number of hydrogen-bond acceptors (Lipinski definition) is 4. The fourth-order valence-electron chi connectivity index (χ4n) is 2.93. The van der Waals surface area contributed by atoms with E-state index >= 15 is 0 Å². The van der Waals surface area contributed by atoms with Gasteiger partial charge in [0.15, 0.2) is 5.96 Å². The molecule has 2 aromatic rings. The Hall–Kier alpha value is -2.50. The maximum absolute atomic E-state index is 5.89. The minimum Gasteiger partial charge on any atom is -0.474 e. The summed E-state index contributed by atoms with van der Waals surface area (Å²) in [6.07, 6.45) is 9.52. The van der Waals surface area contributed by atoms with Crippen molar-refractivity contribution in [2.24, 2.45) is 4.99 Å². The number of guanidine groups is 1. The summed E-state index contributed by atoms with van der Waals surface area (Å²) in [7, 11) is 1.76. The highest BCUT2D eigenvalue weighted by atomic mass is 16.5. The Morgan fingerprint density at radius 2 is 2.16 bits per heavy atom. The lowest BCUT2D eigenvalue weighted by molar-refractivity contribution is 0.201. The van der Waals surface area contributed by atoms with Crippen molar-refractivity contribution in [3.63, 3.8) is 0 Å². The monoisotopic (exact) mass is 342 g/mol. The van der Waals surface area contributed by atoms with Crippen molar-refractivity contribution in [3.05, 3.63) is 48.0 Å². The molecule has 2 aromatic heterocycles. The Balaban J connectivity index is 1.40. The predicted molar refractivity (Wildman–Crippen MR) is 97.7 cm³/mol. The second kappa shape index (κ2) is 9.11. The Labute approximate surface area is 148 Å². The first-order valence-corrected chi connectivity index (χ1v) is 8.92. The zero-order chi connectivity index (χ0) is 17.3. The average molecular weight is 342 g/mol. The van der Waals surface area contributed by atoms with Crippen LogP contribution in [0.5, 0.6) is 5.88 Å². The van der Waals surface area contributed by atoms with Crippen LogP contribution in [-0.4, -0.2) is 30.6 Å². The molecule has 6 nitrogen and oxygen atoms in total. The van der Waals surface area contributed by atoms with Gasteiger partial charge in [-0.3, -0.25) is 4.99 Å². The zero-order valence-electron chi connectivity index (χ0n) is 14.7. The molecule has 3 rings (SSSR count). The molecule has 0 aromatic carbocycles. The summed E-state index contributed by atoms with van der Waals surface area (Å²) in [5.41, 5.74) is 1.09. The number of nitrogens with zero attached hydrogens (tertiary/aromatic N) is 2. The molecular weight excluding hydrogens is 316 g/mol. The average Bonchev–Trinajstić information content (AvgIpc) is 3.33. The van der Waals surface area contributed by atoms with Crippen LogP contribution >= 0.6 is 0 Å². The van der Waals surface area contributed by atoms with Crippen LogP contribution in [0.15, 0.2) is 46.1 Å². The van der Waals surface area contributed by atoms with Crippen LogP contribution in [0.1, 0.15) is 37.0 Å². The van der Waals surface area contributed by atoms with Crippen LogP contribution < -0.4 is 15.4 Å². The third kappa shape index (κ3) is 5.52. The van der Waals surface area contributed by atoms with Crippen LogP contribution in [0.2, 0.25) is 0 Å². The first kappa shape index (κ1) is 17.3. The highest BCUT2D eigenvalue weighted by molar-refractivity contribution is 5.79. The predicted octanol–water partition coefficient (Wildman–Crippen LogP) is 2.90. The first-order valence-electron chi connectivity index (χ1n) is 8.92. The Morgan fingerprint density at radius 1 is 1.28 bits per heavy atom. The molecule has 0 radical (unpaired) electrons. The largest absolute Gasteiger partial charge is 0.474 e. The second-order valence-corrected chi connectivity index (χ2v) is 6.21. The molecule has 1 aliphatic rings. The van der Waals surface area contributed by atoms with Gasteiger partial charge in [-0.15, -0.1) is 0 Å². The quantitative estimate of drug-likeness (QED) is 0.598. The molecular formula is C19H26N4O2. The number of nitrogens with one attached hydrogen (secondary N) is 2. The lowest BCUT2D eigenvalue weighted by Gasteiger charge is -2.13. The van der Waals surface area contributed by atoms with Gasteiger partial charge < -0.3 is 19.8 Å². The fraction of sp³-hybridized carbons (Fsp3) is 0.474. The molecule has 0 bridgehead atoms. The summed E-state index contributed by atoms with van der Waals surface area (Å²) in [5, 5.41) is 6.56. The van der Waals surface area contributed by atoms with Crippen molar-refractivity contribution in [1.29, 1.82) is 0 Å². The van der Waals surface area contributed by atoms with Gasteiger partial charge in [-0.1, -0.05) is 6.07 Å². The van der Waals surface area contributed by atoms with E-state index in [1.54, 1.807) is 13.3 Å². The smallest absolute Gasteiger partial charge is 0.213 e. The van der Waals surface area contributed by atoms with Gasteiger partial charge in [-0.2, -0.15) is 0 Å². The van der Waals surface area contributed by atoms with Gasteiger partial charge in [0, 0.05) is 38.8 Å². The topological polar surface area (TPSA) is 71.7 Å². The Morgan fingerprint density at radius 3 is 2.84 bits per heavy atom. The summed E-state index contributed by atoms with van der Waals surface area (Å²) in [6, 6.07) is 7.86. The number of pyridine rings is 1. The Bertz CT molecular complexity index is 647. The van der Waals surface area contributed by atoms with E-state index in [0.717, 1.165) is 49.0 Å². The third-order valence-corrected chi connectivity index (χ3v) is 4.31. The minimum atomic E-state index is 0.341. The number of hydrogen-bond donors (Lipinski definition) is 2. The van der Waals surface area contributed by atoms with Crippen molar-refractivity contribution >= 4 is 5.96 Å². The molecule has 0 atom stereocenters. The van der Waals surface area contributed by atoms with E-state index in [0.29, 0.717) is 12.6 Å². The SMILES string of the molecule is CN=C(NCCc1ccco1)NCc1ccc(OC2CCCC2)nc1. The zero-order valence-corrected chi connectivity index (χ0v) is 14.7. The number of aromatic nitrogens is 1. The normalized spacial score (nSPS) is 15.3. The van der Waals surface area contributed by atoms with Crippen LogP contribution in [-0.2, 0) is 13.0 Å². The van der Waals surface area contributed by atoms with Gasteiger partial charge >= 0.3 is 0 Å². The van der Waals surface area contributed by atoms with Gasteiger partial charge in [-0.05, 0) is 43.4 Å². The molecule has 134 valence electrons. The number of rotatable bonds is 7. The van der Waals surface area contributed by atoms with Crippen molar-refractivity contribution in [3.8, 4) is 5.88 Å².